The fourth-order valence-corrected chi connectivity index (χ4v) is 6.53. The van der Waals surface area contributed by atoms with Crippen molar-refractivity contribution in [1.82, 2.24) is 0 Å². The van der Waals surface area contributed by atoms with Gasteiger partial charge < -0.3 is 9.66 Å². The van der Waals surface area contributed by atoms with Crippen LogP contribution in [0.15, 0.2) is 12.2 Å². The number of aliphatic carboxylic acids is 1. The van der Waals surface area contributed by atoms with Crippen LogP contribution in [0.4, 0.5) is 0 Å². The van der Waals surface area contributed by atoms with Crippen LogP contribution in [0.1, 0.15) is 77.6 Å². The van der Waals surface area contributed by atoms with Gasteiger partial charge in [-0.1, -0.05) is 43.1 Å². The predicted molar refractivity (Wildman–Crippen MR) is 105 cm³/mol. The summed E-state index contributed by atoms with van der Waals surface area (Å²) in [4.78, 5) is 10.5. The van der Waals surface area contributed by atoms with Crippen LogP contribution in [0.3, 0.4) is 0 Å². The van der Waals surface area contributed by atoms with Crippen LogP contribution in [0.2, 0.25) is 0 Å². The SMILES string of the molecule is CCCCCC[S+]([O-])C[C@H]1[C@H]2CC[C@H](C2)[C@H]1C/C=C\CCCC(=O)O. The summed E-state index contributed by atoms with van der Waals surface area (Å²) in [6.45, 7) is 2.21. The summed E-state index contributed by atoms with van der Waals surface area (Å²) in [5.74, 6) is 4.15. The molecule has 0 aliphatic heterocycles. The van der Waals surface area contributed by atoms with Crippen LogP contribution in [-0.4, -0.2) is 27.1 Å². The average molecular weight is 369 g/mol. The molecule has 0 amide bonds. The third-order valence-corrected chi connectivity index (χ3v) is 7.72. The zero-order valence-electron chi connectivity index (χ0n) is 15.8. The summed E-state index contributed by atoms with van der Waals surface area (Å²) >= 11 is -0.641. The molecule has 0 heterocycles. The number of fused-ring (bicyclic) bond motifs is 2. The molecule has 4 heteroatoms. The Morgan fingerprint density at radius 2 is 1.88 bits per heavy atom. The minimum absolute atomic E-state index is 0.262. The van der Waals surface area contributed by atoms with Gasteiger partial charge in [0.2, 0.25) is 0 Å². The van der Waals surface area contributed by atoms with Gasteiger partial charge in [-0.2, -0.15) is 0 Å². The molecule has 5 atom stereocenters. The zero-order chi connectivity index (χ0) is 18.1. The topological polar surface area (TPSA) is 60.4 Å². The maximum atomic E-state index is 12.5. The lowest BCUT2D eigenvalue weighted by atomic mass is 9.78. The van der Waals surface area contributed by atoms with Crippen molar-refractivity contribution < 1.29 is 14.5 Å². The van der Waals surface area contributed by atoms with Gasteiger partial charge in [0.05, 0.1) is 0 Å². The largest absolute Gasteiger partial charge is 0.616 e. The highest BCUT2D eigenvalue weighted by atomic mass is 32.2. The first-order valence-corrected chi connectivity index (χ1v) is 11.8. The number of allylic oxidation sites excluding steroid dienone is 2. The fourth-order valence-electron chi connectivity index (χ4n) is 4.89. The number of rotatable bonds is 13. The van der Waals surface area contributed by atoms with Crippen molar-refractivity contribution in [1.29, 1.82) is 0 Å². The molecule has 0 aromatic carbocycles. The van der Waals surface area contributed by atoms with Gasteiger partial charge in [-0.3, -0.25) is 4.79 Å². The lowest BCUT2D eigenvalue weighted by Gasteiger charge is -2.30. The van der Waals surface area contributed by atoms with Crippen LogP contribution in [0.5, 0.6) is 0 Å². The van der Waals surface area contributed by atoms with Crippen molar-refractivity contribution in [3.63, 3.8) is 0 Å². The van der Waals surface area contributed by atoms with Gasteiger partial charge in [0.15, 0.2) is 0 Å². The molecule has 2 fully saturated rings. The van der Waals surface area contributed by atoms with Gasteiger partial charge >= 0.3 is 5.97 Å². The molecule has 25 heavy (non-hydrogen) atoms. The average Bonchev–Trinajstić information content (AvgIpc) is 3.17. The maximum Gasteiger partial charge on any atom is 0.303 e. The van der Waals surface area contributed by atoms with E-state index < -0.39 is 17.1 Å². The molecule has 2 rings (SSSR count). The smallest absolute Gasteiger partial charge is 0.303 e. The number of unbranched alkanes of at least 4 members (excludes halogenated alkanes) is 4. The monoisotopic (exact) mass is 368 g/mol. The molecule has 2 saturated carbocycles. The van der Waals surface area contributed by atoms with Gasteiger partial charge in [0.1, 0.15) is 11.5 Å². The van der Waals surface area contributed by atoms with E-state index in [2.05, 4.69) is 19.1 Å². The summed E-state index contributed by atoms with van der Waals surface area (Å²) < 4.78 is 12.5. The molecule has 3 nitrogen and oxygen atoms in total. The quantitative estimate of drug-likeness (QED) is 0.277. The third kappa shape index (κ3) is 6.97. The Hall–Kier alpha value is -0.480. The molecule has 2 bridgehead atoms. The molecule has 0 saturated heterocycles. The summed E-state index contributed by atoms with van der Waals surface area (Å²) in [6.07, 6.45) is 16.3. The van der Waals surface area contributed by atoms with E-state index in [4.69, 9.17) is 5.11 Å². The first-order valence-electron chi connectivity index (χ1n) is 10.3. The Kier molecular flexibility index (Phi) is 9.40. The first kappa shape index (κ1) is 20.8. The molecular weight excluding hydrogens is 332 g/mol. The molecule has 0 aromatic heterocycles. The molecular formula is C21H36O3S. The zero-order valence-corrected chi connectivity index (χ0v) is 16.6. The van der Waals surface area contributed by atoms with Crippen molar-refractivity contribution >= 4 is 17.1 Å². The Labute approximate surface area is 156 Å². The molecule has 1 N–H and O–H groups in total. The van der Waals surface area contributed by atoms with Gasteiger partial charge in [-0.05, 0) is 69.1 Å². The van der Waals surface area contributed by atoms with Gasteiger partial charge in [-0.15, -0.1) is 0 Å². The van der Waals surface area contributed by atoms with Gasteiger partial charge in [-0.25, -0.2) is 0 Å². The van der Waals surface area contributed by atoms with Crippen molar-refractivity contribution in [2.75, 3.05) is 11.5 Å². The molecule has 0 radical (unpaired) electrons. The molecule has 1 unspecified atom stereocenters. The van der Waals surface area contributed by atoms with Crippen LogP contribution in [0.25, 0.3) is 0 Å². The molecule has 0 aromatic rings. The van der Waals surface area contributed by atoms with Gasteiger partial charge in [0.25, 0.3) is 0 Å². The second kappa shape index (κ2) is 11.3. The van der Waals surface area contributed by atoms with E-state index >= 15 is 0 Å². The highest BCUT2D eigenvalue weighted by Crippen LogP contribution is 2.54. The highest BCUT2D eigenvalue weighted by Gasteiger charge is 2.48. The van der Waals surface area contributed by atoms with E-state index in [1.807, 2.05) is 0 Å². The molecule has 144 valence electrons. The number of hydrogen-bond acceptors (Lipinski definition) is 2. The second-order valence-electron chi connectivity index (χ2n) is 8.03. The van der Waals surface area contributed by atoms with E-state index in [9.17, 15) is 9.35 Å². The second-order valence-corrected chi connectivity index (χ2v) is 9.65. The Bertz CT molecular complexity index is 423. The summed E-state index contributed by atoms with van der Waals surface area (Å²) in [6, 6.07) is 0. The van der Waals surface area contributed by atoms with E-state index in [1.165, 1.54) is 38.5 Å². The fraction of sp³-hybridized carbons (Fsp3) is 0.857. The number of carboxylic acids is 1. The lowest BCUT2D eigenvalue weighted by molar-refractivity contribution is -0.137. The van der Waals surface area contributed by atoms with Crippen molar-refractivity contribution in [3.05, 3.63) is 12.2 Å². The van der Waals surface area contributed by atoms with Crippen molar-refractivity contribution in [3.8, 4) is 0 Å². The first-order chi connectivity index (χ1) is 12.1. The predicted octanol–water partition coefficient (Wildman–Crippen LogP) is 5.18. The van der Waals surface area contributed by atoms with Gasteiger partial charge in [0, 0.05) is 12.3 Å². The Balaban J connectivity index is 1.72. The number of hydrogen-bond donors (Lipinski definition) is 1. The number of carboxylic acid groups (broad SMARTS) is 1. The highest BCUT2D eigenvalue weighted by molar-refractivity contribution is 7.91. The Morgan fingerprint density at radius 1 is 1.12 bits per heavy atom. The maximum absolute atomic E-state index is 12.5. The van der Waals surface area contributed by atoms with Crippen molar-refractivity contribution in [2.24, 2.45) is 23.7 Å². The third-order valence-electron chi connectivity index (χ3n) is 6.21. The van der Waals surface area contributed by atoms with E-state index in [0.29, 0.717) is 11.8 Å². The molecule has 2 aliphatic carbocycles. The van der Waals surface area contributed by atoms with E-state index in [1.54, 1.807) is 0 Å². The van der Waals surface area contributed by atoms with Crippen molar-refractivity contribution in [2.45, 2.75) is 77.6 Å². The Morgan fingerprint density at radius 3 is 2.60 bits per heavy atom. The van der Waals surface area contributed by atoms with Crippen LogP contribution < -0.4 is 0 Å². The number of carbonyl (C=O) groups is 1. The van der Waals surface area contributed by atoms with Crippen LogP contribution >= 0.6 is 0 Å². The minimum Gasteiger partial charge on any atom is -0.616 e. The standard InChI is InChI=1S/C21H36O3S/c1-2-3-4-9-14-25(24)16-20-18-13-12-17(15-18)19(20)10-7-5-6-8-11-21(22)23/h5,7,17-20H,2-4,6,8-16H2,1H3,(H,22,23)/b7-5-/t17-,18+,19-,20+,25?/m1/s1. The summed E-state index contributed by atoms with van der Waals surface area (Å²) in [5, 5.41) is 8.67. The van der Waals surface area contributed by atoms with Crippen LogP contribution in [-0.2, 0) is 16.0 Å². The molecule has 0 spiro atoms. The van der Waals surface area contributed by atoms with E-state index in [-0.39, 0.29) is 6.42 Å². The summed E-state index contributed by atoms with van der Waals surface area (Å²) in [5.41, 5.74) is 0. The molecule has 2 aliphatic rings. The normalized spacial score (nSPS) is 29.5. The lowest BCUT2D eigenvalue weighted by Crippen LogP contribution is -2.30. The van der Waals surface area contributed by atoms with Crippen LogP contribution in [0, 0.1) is 23.7 Å². The summed E-state index contributed by atoms with van der Waals surface area (Å²) in [7, 11) is 0. The van der Waals surface area contributed by atoms with E-state index in [0.717, 1.165) is 49.0 Å². The minimum atomic E-state index is -0.706.